The van der Waals surface area contributed by atoms with Gasteiger partial charge in [-0.1, -0.05) is 29.4 Å². The predicted octanol–water partition coefficient (Wildman–Crippen LogP) is 5.63. The number of ether oxygens (including phenoxy) is 3. The zero-order chi connectivity index (χ0) is 35.0. The number of pyridine rings is 1. The number of carbonyl (C=O) groups is 3. The topological polar surface area (TPSA) is 183 Å². The molecule has 1 unspecified atom stereocenters. The van der Waals surface area contributed by atoms with Crippen molar-refractivity contribution in [1.82, 2.24) is 20.4 Å². The van der Waals surface area contributed by atoms with Gasteiger partial charge in [0.05, 0.1) is 6.10 Å². The van der Waals surface area contributed by atoms with E-state index in [1.165, 1.54) is 6.07 Å². The van der Waals surface area contributed by atoms with Crippen molar-refractivity contribution in [3.8, 4) is 34.5 Å². The van der Waals surface area contributed by atoms with E-state index in [2.05, 4.69) is 20.4 Å². The summed E-state index contributed by atoms with van der Waals surface area (Å²) in [6.07, 6.45) is 7.66. The number of Topliss-reactive ketones (excluding diaryl/α,β-unsaturated/α-hetero) is 1. The average Bonchev–Trinajstić information content (AvgIpc) is 3.77. The van der Waals surface area contributed by atoms with Crippen LogP contribution < -0.4 is 14.8 Å². The van der Waals surface area contributed by atoms with Gasteiger partial charge in [-0.25, -0.2) is 4.79 Å². The van der Waals surface area contributed by atoms with Crippen molar-refractivity contribution >= 4 is 23.7 Å². The molecule has 0 spiro atoms. The highest BCUT2D eigenvalue weighted by Gasteiger charge is 2.32. The molecule has 0 bridgehead atoms. The van der Waals surface area contributed by atoms with Crippen LogP contribution in [-0.2, 0) is 20.7 Å². The van der Waals surface area contributed by atoms with E-state index >= 15 is 0 Å². The number of phenolic OH excluding ortho intramolecular Hbond substituents is 2. The second-order valence-corrected chi connectivity index (χ2v) is 12.3. The van der Waals surface area contributed by atoms with Gasteiger partial charge in [-0.2, -0.15) is 4.98 Å². The molecule has 0 saturated heterocycles. The molecule has 2 aromatic carbocycles. The van der Waals surface area contributed by atoms with Gasteiger partial charge in [0.1, 0.15) is 28.5 Å². The molecular weight excluding hydrogens is 644 g/mol. The van der Waals surface area contributed by atoms with Gasteiger partial charge in [0.15, 0.2) is 11.5 Å². The molecule has 1 amide bonds. The van der Waals surface area contributed by atoms with Crippen LogP contribution in [0.1, 0.15) is 90.7 Å². The van der Waals surface area contributed by atoms with Gasteiger partial charge in [-0.3, -0.25) is 14.6 Å². The standard InChI is InChI=1S/C37H38N4O9/c1-22-8-7-11-25(42)10-4-2-3-9-24-18-28(43)34(35(45)33(24)37(46)49-22)26(23-13-14-29-30(19-23)48-21-47-29)20-31(44)39-17-15-32-40-36(41-50-32)27-12-5-6-16-38-27/h3,5-6,9,12-14,16,18-19,22,26,43,45H,2,4,7-8,10-11,15,17,20-21H2,1H3,(H,39,44)/t22-,26?/m0/s1. The van der Waals surface area contributed by atoms with Crippen LogP contribution in [0.4, 0.5) is 0 Å². The Morgan fingerprint density at radius 3 is 2.74 bits per heavy atom. The molecular formula is C37H38N4O9. The van der Waals surface area contributed by atoms with Gasteiger partial charge >= 0.3 is 5.97 Å². The first-order valence-electron chi connectivity index (χ1n) is 16.6. The van der Waals surface area contributed by atoms with Crippen LogP contribution in [0.25, 0.3) is 17.6 Å². The Labute approximate surface area is 288 Å². The number of hydrogen-bond donors (Lipinski definition) is 3. The quantitative estimate of drug-likeness (QED) is 0.195. The summed E-state index contributed by atoms with van der Waals surface area (Å²) < 4.78 is 22.1. The van der Waals surface area contributed by atoms with Crippen molar-refractivity contribution in [2.24, 2.45) is 0 Å². The number of hydrogen-bond acceptors (Lipinski definition) is 12. The molecule has 6 rings (SSSR count). The second-order valence-electron chi connectivity index (χ2n) is 12.3. The van der Waals surface area contributed by atoms with Crippen molar-refractivity contribution < 1.29 is 43.3 Å². The summed E-state index contributed by atoms with van der Waals surface area (Å²) in [4.78, 5) is 47.9. The van der Waals surface area contributed by atoms with Gasteiger partial charge in [0.2, 0.25) is 24.4 Å². The van der Waals surface area contributed by atoms with Crippen molar-refractivity contribution in [1.29, 1.82) is 0 Å². The molecule has 4 aromatic rings. The number of ketones is 1. The molecule has 3 N–H and O–H groups in total. The Morgan fingerprint density at radius 2 is 1.90 bits per heavy atom. The van der Waals surface area contributed by atoms with Crippen LogP contribution in [0.15, 0.2) is 59.3 Å². The number of allylic oxidation sites excluding steroid dienone is 1. The minimum atomic E-state index is -0.915. The third-order valence-electron chi connectivity index (χ3n) is 8.61. The summed E-state index contributed by atoms with van der Waals surface area (Å²) >= 11 is 0. The van der Waals surface area contributed by atoms with Crippen LogP contribution in [0.5, 0.6) is 23.0 Å². The van der Waals surface area contributed by atoms with Crippen molar-refractivity contribution in [2.45, 2.75) is 70.3 Å². The highest BCUT2D eigenvalue weighted by Crippen LogP contribution is 2.46. The molecule has 13 heteroatoms. The number of phenols is 2. The Bertz CT molecular complexity index is 1890. The normalized spacial score (nSPS) is 17.0. The van der Waals surface area contributed by atoms with Gasteiger partial charge in [0, 0.05) is 49.9 Å². The van der Waals surface area contributed by atoms with Crippen molar-refractivity contribution in [3.63, 3.8) is 0 Å². The van der Waals surface area contributed by atoms with E-state index in [-0.39, 0.29) is 54.4 Å². The molecule has 0 aliphatic carbocycles. The van der Waals surface area contributed by atoms with E-state index in [4.69, 9.17) is 18.7 Å². The lowest BCUT2D eigenvalue weighted by atomic mass is 9.84. The monoisotopic (exact) mass is 682 g/mol. The maximum absolute atomic E-state index is 13.6. The van der Waals surface area contributed by atoms with E-state index in [0.29, 0.717) is 73.0 Å². The molecule has 4 heterocycles. The zero-order valence-corrected chi connectivity index (χ0v) is 27.6. The summed E-state index contributed by atoms with van der Waals surface area (Å²) in [6.45, 7) is 1.93. The third-order valence-corrected chi connectivity index (χ3v) is 8.61. The molecule has 260 valence electrons. The number of aromatic hydroxyl groups is 2. The maximum Gasteiger partial charge on any atom is 0.342 e. The fourth-order valence-corrected chi connectivity index (χ4v) is 6.06. The zero-order valence-electron chi connectivity index (χ0n) is 27.6. The molecule has 0 saturated carbocycles. The fourth-order valence-electron chi connectivity index (χ4n) is 6.06. The summed E-state index contributed by atoms with van der Waals surface area (Å²) in [6, 6.07) is 11.8. The van der Waals surface area contributed by atoms with Crippen LogP contribution in [0.2, 0.25) is 0 Å². The van der Waals surface area contributed by atoms with Crippen LogP contribution in [0.3, 0.4) is 0 Å². The third kappa shape index (κ3) is 8.11. The number of rotatable bonds is 8. The minimum absolute atomic E-state index is 0.0145. The highest BCUT2D eigenvalue weighted by molar-refractivity contribution is 5.98. The lowest BCUT2D eigenvalue weighted by Crippen LogP contribution is -2.27. The summed E-state index contributed by atoms with van der Waals surface area (Å²) in [5.41, 5.74) is 1.21. The minimum Gasteiger partial charge on any atom is -0.507 e. The number of benzene rings is 2. The molecule has 13 nitrogen and oxygen atoms in total. The van der Waals surface area contributed by atoms with Gasteiger partial charge in [-0.05, 0) is 74.1 Å². The fraction of sp³-hybridized carbons (Fsp3) is 0.351. The Hall–Kier alpha value is -5.72. The molecule has 50 heavy (non-hydrogen) atoms. The highest BCUT2D eigenvalue weighted by atomic mass is 16.7. The number of amides is 1. The van der Waals surface area contributed by atoms with E-state index in [0.717, 1.165) is 0 Å². The number of nitrogens with zero attached hydrogens (tertiary/aromatic N) is 3. The van der Waals surface area contributed by atoms with Crippen LogP contribution in [-0.4, -0.2) is 62.4 Å². The number of aromatic nitrogens is 3. The number of nitrogens with one attached hydrogen (secondary N) is 1. The van der Waals surface area contributed by atoms with Gasteiger partial charge in [-0.15, -0.1) is 0 Å². The first-order valence-corrected chi connectivity index (χ1v) is 16.6. The summed E-state index contributed by atoms with van der Waals surface area (Å²) in [5.74, 6) is -1.13. The molecule has 0 fully saturated rings. The van der Waals surface area contributed by atoms with Gasteiger partial charge in [0.25, 0.3) is 0 Å². The second kappa shape index (κ2) is 15.7. The van der Waals surface area contributed by atoms with E-state index in [1.807, 2.05) is 6.07 Å². The first-order chi connectivity index (χ1) is 24.3. The Balaban J connectivity index is 1.28. The van der Waals surface area contributed by atoms with E-state index in [1.54, 1.807) is 55.6 Å². The molecule has 2 aromatic heterocycles. The molecule has 2 aliphatic heterocycles. The predicted molar refractivity (Wildman–Crippen MR) is 180 cm³/mol. The molecule has 2 aliphatic rings. The maximum atomic E-state index is 13.6. The lowest BCUT2D eigenvalue weighted by molar-refractivity contribution is -0.121. The smallest absolute Gasteiger partial charge is 0.342 e. The Morgan fingerprint density at radius 1 is 1.06 bits per heavy atom. The SMILES string of the molecule is C[C@H]1CCCC(=O)CCCC=Cc2cc(O)c(C(CC(=O)NCCc3nc(-c4ccccn4)no3)c3ccc4c(c3)OCO4)c(O)c2C(=O)O1. The number of esters is 1. The van der Waals surface area contributed by atoms with Crippen molar-refractivity contribution in [3.05, 3.63) is 82.9 Å². The molecule has 0 radical (unpaired) electrons. The number of carbonyl (C=O) groups excluding carboxylic acids is 3. The number of fused-ring (bicyclic) bond motifs is 2. The largest absolute Gasteiger partial charge is 0.507 e. The van der Waals surface area contributed by atoms with Gasteiger partial charge < -0.3 is 34.3 Å². The summed E-state index contributed by atoms with van der Waals surface area (Å²) in [7, 11) is 0. The van der Waals surface area contributed by atoms with Crippen molar-refractivity contribution in [2.75, 3.05) is 13.3 Å². The summed E-state index contributed by atoms with van der Waals surface area (Å²) in [5, 5.41) is 30.1. The Kier molecular flexibility index (Phi) is 10.7. The lowest BCUT2D eigenvalue weighted by Gasteiger charge is -2.23. The molecule has 2 atom stereocenters. The average molecular weight is 683 g/mol. The first kappa shape index (κ1) is 34.2. The van der Waals surface area contributed by atoms with E-state index < -0.39 is 29.6 Å². The van der Waals surface area contributed by atoms with Crippen LogP contribution >= 0.6 is 0 Å². The van der Waals surface area contributed by atoms with Crippen LogP contribution in [0, 0.1) is 0 Å². The van der Waals surface area contributed by atoms with E-state index in [9.17, 15) is 24.6 Å². The number of cyclic esters (lactones) is 1.